The molecule has 4 unspecified atom stereocenters. The van der Waals surface area contributed by atoms with Gasteiger partial charge in [-0.25, -0.2) is 0 Å². The van der Waals surface area contributed by atoms with E-state index in [-0.39, 0.29) is 51.4 Å². The summed E-state index contributed by atoms with van der Waals surface area (Å²) in [5, 5.41) is 6.89. The number of nitrogens with two attached hydrogens (primary N) is 3. The number of rotatable bonds is 24. The number of hydrogen-bond donors (Lipinski definition) is 6. The Morgan fingerprint density at radius 1 is 0.781 bits per heavy atom. The van der Waals surface area contributed by atoms with E-state index in [1.807, 2.05) is 68.4 Å². The molecule has 64 heavy (non-hydrogen) atoms. The van der Waals surface area contributed by atoms with Gasteiger partial charge in [0.15, 0.2) is 35.6 Å². The minimum absolute atomic E-state index is 0.0590. The van der Waals surface area contributed by atoms with E-state index < -0.39 is 83.7 Å². The van der Waals surface area contributed by atoms with Crippen LogP contribution in [0, 0.1) is 5.92 Å². The Balaban J connectivity index is 1.54. The second-order valence-corrected chi connectivity index (χ2v) is 17.3. The van der Waals surface area contributed by atoms with Crippen molar-refractivity contribution in [3.05, 3.63) is 71.9 Å². The van der Waals surface area contributed by atoms with Gasteiger partial charge in [-0.15, -0.1) is 0 Å². The molecule has 3 heterocycles. The Labute approximate surface area is 373 Å². The lowest BCUT2D eigenvalue weighted by molar-refractivity contribution is -0.166. The molecule has 3 amide bonds. The number of H-pyrrole nitrogens is 1. The quantitative estimate of drug-likeness (QED) is 0.0382. The van der Waals surface area contributed by atoms with Gasteiger partial charge in [-0.3, -0.25) is 44.3 Å². The first-order valence-electron chi connectivity index (χ1n) is 22.0. The first kappa shape index (κ1) is 49.5. The summed E-state index contributed by atoms with van der Waals surface area (Å²) in [6.07, 6.45) is 1.75. The number of ketones is 3. The molecule has 3 aromatic rings. The number of unbranched alkanes of at least 4 members (excludes halogenated alkanes) is 1. The van der Waals surface area contributed by atoms with Crippen LogP contribution in [-0.2, 0) is 51.2 Å². The zero-order chi connectivity index (χ0) is 46.7. The van der Waals surface area contributed by atoms with Crippen molar-refractivity contribution in [2.75, 3.05) is 39.8 Å². The van der Waals surface area contributed by atoms with Crippen molar-refractivity contribution in [2.45, 2.75) is 108 Å². The predicted molar refractivity (Wildman–Crippen MR) is 240 cm³/mol. The van der Waals surface area contributed by atoms with Crippen molar-refractivity contribution in [2.24, 2.45) is 23.1 Å². The number of aromatic nitrogens is 1. The Morgan fingerprint density at radius 3 is 2.05 bits per heavy atom. The number of nitrogens with zero attached hydrogens (tertiary/aromatic N) is 4. The summed E-state index contributed by atoms with van der Waals surface area (Å²) in [5.74, 6) is -4.39. The molecule has 8 atom stereocenters. The first-order chi connectivity index (χ1) is 30.6. The molecule has 346 valence electrons. The van der Waals surface area contributed by atoms with Crippen LogP contribution in [0.5, 0.6) is 0 Å². The summed E-state index contributed by atoms with van der Waals surface area (Å²) >= 11 is 0. The number of amides is 3. The average molecular weight is 885 g/mol. The number of carbonyl (C=O) groups excluding carboxylic acids is 8. The number of Topliss-reactive ketones (excluding diaryl/α,β-unsaturated/α-hetero) is 3. The molecule has 9 N–H and O–H groups in total. The molecule has 18 nitrogen and oxygen atoms in total. The van der Waals surface area contributed by atoms with Gasteiger partial charge in [-0.2, -0.15) is 0 Å². The molecule has 2 aliphatic rings. The van der Waals surface area contributed by atoms with Crippen LogP contribution in [0.3, 0.4) is 0 Å². The van der Waals surface area contributed by atoms with Crippen molar-refractivity contribution in [1.29, 1.82) is 0 Å². The predicted octanol–water partition coefficient (Wildman–Crippen LogP) is -0.342. The SMILES string of the molecule is CC(=O)C(N[C@H](C=O)CC(C)C)N1CCN(C(=O)C(N[C@H](C=O)Cc2c[nH]c3ccccc23)N2CCN(C)C(C(=O)[C@@H](N)Cc3ccccc3)C2=O)C(C(=O)[C@@H](N)CCCCN)C1=O. The smallest absolute Gasteiger partial charge is 0.261 e. The van der Waals surface area contributed by atoms with Crippen LogP contribution < -0.4 is 27.8 Å². The summed E-state index contributed by atoms with van der Waals surface area (Å²) in [6.45, 7) is 4.90. The van der Waals surface area contributed by atoms with Gasteiger partial charge in [-0.1, -0.05) is 68.8 Å². The number of nitrogens with one attached hydrogen (secondary N) is 3. The molecule has 1 aromatic heterocycles. The molecular weight excluding hydrogens is 821 g/mol. The van der Waals surface area contributed by atoms with Crippen LogP contribution in [0.25, 0.3) is 10.9 Å². The van der Waals surface area contributed by atoms with Crippen molar-refractivity contribution < 1.29 is 38.4 Å². The van der Waals surface area contributed by atoms with Crippen molar-refractivity contribution in [1.82, 2.24) is 35.2 Å². The van der Waals surface area contributed by atoms with E-state index in [0.717, 1.165) is 31.8 Å². The maximum Gasteiger partial charge on any atom is 0.261 e. The maximum absolute atomic E-state index is 15.4. The molecular formula is C46H64N10O8. The number of likely N-dealkylation sites (N-methyl/N-ethyl adjacent to an activating group) is 1. The van der Waals surface area contributed by atoms with Crippen LogP contribution in [0.4, 0.5) is 0 Å². The zero-order valence-corrected chi connectivity index (χ0v) is 37.2. The van der Waals surface area contributed by atoms with E-state index in [0.29, 0.717) is 38.4 Å². The minimum atomic E-state index is -1.86. The molecule has 18 heteroatoms. The van der Waals surface area contributed by atoms with E-state index in [1.54, 1.807) is 18.1 Å². The second-order valence-electron chi connectivity index (χ2n) is 17.3. The lowest BCUT2D eigenvalue weighted by Crippen LogP contribution is -2.73. The largest absolute Gasteiger partial charge is 0.361 e. The average Bonchev–Trinajstić information content (AvgIpc) is 3.68. The second kappa shape index (κ2) is 22.9. The number of para-hydroxylation sites is 1. The molecule has 2 fully saturated rings. The van der Waals surface area contributed by atoms with Gasteiger partial charge in [0.2, 0.25) is 5.91 Å². The Hall–Kier alpha value is -5.50. The van der Waals surface area contributed by atoms with E-state index in [9.17, 15) is 33.6 Å². The Bertz CT molecular complexity index is 2130. The van der Waals surface area contributed by atoms with Gasteiger partial charge < -0.3 is 46.5 Å². The van der Waals surface area contributed by atoms with Gasteiger partial charge in [0.1, 0.15) is 18.7 Å². The van der Waals surface area contributed by atoms with Crippen molar-refractivity contribution in [3.8, 4) is 0 Å². The van der Waals surface area contributed by atoms with Crippen LogP contribution in [-0.4, -0.2) is 161 Å². The van der Waals surface area contributed by atoms with Gasteiger partial charge in [0.25, 0.3) is 11.8 Å². The fourth-order valence-corrected chi connectivity index (χ4v) is 8.62. The third-order valence-corrected chi connectivity index (χ3v) is 12.0. The van der Waals surface area contributed by atoms with E-state index in [4.69, 9.17) is 17.2 Å². The van der Waals surface area contributed by atoms with Crippen LogP contribution in [0.15, 0.2) is 60.8 Å². The number of aromatic amines is 1. The van der Waals surface area contributed by atoms with E-state index in [1.165, 1.54) is 11.8 Å². The fourth-order valence-electron chi connectivity index (χ4n) is 8.62. The maximum atomic E-state index is 15.4. The number of benzene rings is 2. The van der Waals surface area contributed by atoms with E-state index in [2.05, 4.69) is 15.6 Å². The highest BCUT2D eigenvalue weighted by Gasteiger charge is 2.51. The van der Waals surface area contributed by atoms with Crippen molar-refractivity contribution in [3.63, 3.8) is 0 Å². The summed E-state index contributed by atoms with van der Waals surface area (Å²) in [7, 11) is 1.61. The van der Waals surface area contributed by atoms with Crippen LogP contribution >= 0.6 is 0 Å². The van der Waals surface area contributed by atoms with Gasteiger partial charge in [0.05, 0.1) is 24.2 Å². The number of fused-ring (bicyclic) bond motifs is 1. The van der Waals surface area contributed by atoms with Crippen LogP contribution in [0.1, 0.15) is 57.6 Å². The molecule has 0 bridgehead atoms. The third kappa shape index (κ3) is 11.8. The number of hydrogen-bond acceptors (Lipinski definition) is 14. The normalized spacial score (nSPS) is 20.2. The highest BCUT2D eigenvalue weighted by molar-refractivity contribution is 6.12. The molecule has 0 aliphatic carbocycles. The number of carbonyl (C=O) groups is 8. The molecule has 0 spiro atoms. The summed E-state index contributed by atoms with van der Waals surface area (Å²) in [5.41, 5.74) is 21.0. The number of aldehydes is 2. The monoisotopic (exact) mass is 884 g/mol. The Morgan fingerprint density at radius 2 is 1.39 bits per heavy atom. The lowest BCUT2D eigenvalue weighted by atomic mass is 9.94. The molecule has 5 rings (SSSR count). The molecule has 0 radical (unpaired) electrons. The first-order valence-corrected chi connectivity index (χ1v) is 22.0. The molecule has 0 saturated carbocycles. The highest BCUT2D eigenvalue weighted by atomic mass is 16.2. The molecule has 2 saturated heterocycles. The Kier molecular flexibility index (Phi) is 17.7. The van der Waals surface area contributed by atoms with Gasteiger partial charge in [0, 0.05) is 43.3 Å². The summed E-state index contributed by atoms with van der Waals surface area (Å²) < 4.78 is 0. The standard InChI is InChI=1S/C46H64N10O8/c1-28(2)22-32(26-57)51-42(29(3)59)55-21-20-54(39(45(55)63)40(60)35(48)15-10-11-17-47)46(64)43(52-33(27-58)24-31-25-50-37-16-9-8-14-34(31)37)56-19-18-53(4)38(44(56)62)41(61)36(49)23-30-12-6-5-7-13-30/h5-9,12-14,16,25-28,32-33,35-36,38-39,42-43,50-52H,10-11,15,17-24,47-49H2,1-4H3/t32-,33-,35-,36-,38?,39?,42?,43?/m0/s1. The highest BCUT2D eigenvalue weighted by Crippen LogP contribution is 2.24. The summed E-state index contributed by atoms with van der Waals surface area (Å²) in [4.78, 5) is 120. The third-order valence-electron chi connectivity index (χ3n) is 12.0. The van der Waals surface area contributed by atoms with E-state index >= 15 is 4.79 Å². The minimum Gasteiger partial charge on any atom is -0.361 e. The zero-order valence-electron chi connectivity index (χ0n) is 37.2. The molecule has 2 aliphatic heterocycles. The number of piperazine rings is 2. The van der Waals surface area contributed by atoms with Crippen LogP contribution in [0.2, 0.25) is 0 Å². The topological polar surface area (TPSA) is 267 Å². The fraction of sp³-hybridized carbons (Fsp3) is 0.522. The van der Waals surface area contributed by atoms with Gasteiger partial charge >= 0.3 is 0 Å². The lowest BCUT2D eigenvalue weighted by Gasteiger charge is -2.47. The molecule has 2 aromatic carbocycles. The van der Waals surface area contributed by atoms with Gasteiger partial charge in [-0.05, 0) is 75.7 Å². The summed E-state index contributed by atoms with van der Waals surface area (Å²) in [6, 6.07) is 9.11. The van der Waals surface area contributed by atoms with Crippen molar-refractivity contribution >= 4 is 58.5 Å².